The van der Waals surface area contributed by atoms with Gasteiger partial charge in [-0.25, -0.2) is 0 Å². The Balaban J connectivity index is 2.48. The van der Waals surface area contributed by atoms with Crippen molar-refractivity contribution in [1.29, 1.82) is 0 Å². The molecule has 96 valence electrons. The number of thiol groups is 1. The molecule has 0 aliphatic carbocycles. The van der Waals surface area contributed by atoms with E-state index in [0.717, 1.165) is 18.8 Å². The van der Waals surface area contributed by atoms with Crippen molar-refractivity contribution < 1.29 is 5.11 Å². The normalized spacial score (nSPS) is 10.6. The van der Waals surface area contributed by atoms with Crippen LogP contribution in [0.4, 0.5) is 5.69 Å². The predicted molar refractivity (Wildman–Crippen MR) is 71.6 cm³/mol. The molecule has 0 radical (unpaired) electrons. The fourth-order valence-corrected chi connectivity index (χ4v) is 1.99. The first-order chi connectivity index (χ1) is 8.67. The van der Waals surface area contributed by atoms with Crippen LogP contribution in [0.2, 0.25) is 0 Å². The number of phenols is 1. The van der Waals surface area contributed by atoms with E-state index in [4.69, 9.17) is 0 Å². The van der Waals surface area contributed by atoms with Gasteiger partial charge in [0.05, 0.1) is 0 Å². The highest BCUT2D eigenvalue weighted by Crippen LogP contribution is 2.27. The van der Waals surface area contributed by atoms with E-state index in [-0.39, 0.29) is 5.75 Å². The van der Waals surface area contributed by atoms with Crippen LogP contribution in [0.25, 0.3) is 5.69 Å². The van der Waals surface area contributed by atoms with Crippen LogP contribution in [0.15, 0.2) is 23.4 Å². The highest BCUT2D eigenvalue weighted by molar-refractivity contribution is 7.80. The van der Waals surface area contributed by atoms with Gasteiger partial charge in [0, 0.05) is 18.8 Å². The minimum atomic E-state index is 0.119. The Kier molecular flexibility index (Phi) is 3.71. The third-order valence-corrected chi connectivity index (χ3v) is 3.05. The van der Waals surface area contributed by atoms with Gasteiger partial charge in [-0.15, -0.1) is 17.7 Å². The van der Waals surface area contributed by atoms with Crippen molar-refractivity contribution in [2.45, 2.75) is 19.0 Å². The number of hydrogen-bond acceptors (Lipinski definition) is 6. The van der Waals surface area contributed by atoms with E-state index < -0.39 is 0 Å². The summed E-state index contributed by atoms with van der Waals surface area (Å²) in [7, 11) is 0. The first-order valence-electron chi connectivity index (χ1n) is 5.73. The largest absolute Gasteiger partial charge is 0.506 e. The van der Waals surface area contributed by atoms with Crippen LogP contribution >= 0.6 is 12.6 Å². The first-order valence-corrected chi connectivity index (χ1v) is 6.17. The van der Waals surface area contributed by atoms with Gasteiger partial charge < -0.3 is 10.0 Å². The second kappa shape index (κ2) is 5.26. The SMILES string of the molecule is CCN(CC)c1ccc(O)c(-n2nnnc2S)c1. The van der Waals surface area contributed by atoms with Gasteiger partial charge in [-0.3, -0.25) is 0 Å². The summed E-state index contributed by atoms with van der Waals surface area (Å²) in [6.45, 7) is 5.95. The standard InChI is InChI=1S/C11H15N5OS/c1-3-15(4-2)8-5-6-10(17)9(7-8)16-11(18)12-13-14-16/h5-7,17H,3-4H2,1-2H3,(H,12,14,18). The maximum atomic E-state index is 9.89. The van der Waals surface area contributed by atoms with E-state index in [1.807, 2.05) is 12.1 Å². The fraction of sp³-hybridized carbons (Fsp3) is 0.364. The number of rotatable bonds is 4. The molecule has 0 saturated heterocycles. The number of anilines is 1. The Morgan fingerprint density at radius 2 is 2.06 bits per heavy atom. The molecule has 1 N–H and O–H groups in total. The monoisotopic (exact) mass is 265 g/mol. The van der Waals surface area contributed by atoms with Crippen LogP contribution in [-0.4, -0.2) is 38.4 Å². The van der Waals surface area contributed by atoms with Crippen molar-refractivity contribution in [1.82, 2.24) is 20.2 Å². The molecular weight excluding hydrogens is 250 g/mol. The molecule has 0 amide bonds. The summed E-state index contributed by atoms with van der Waals surface area (Å²) < 4.78 is 1.39. The zero-order valence-corrected chi connectivity index (χ0v) is 11.2. The predicted octanol–water partition coefficient (Wildman–Crippen LogP) is 1.50. The lowest BCUT2D eigenvalue weighted by atomic mass is 10.2. The Hall–Kier alpha value is -1.76. The van der Waals surface area contributed by atoms with E-state index in [0.29, 0.717) is 10.8 Å². The summed E-state index contributed by atoms with van der Waals surface area (Å²) in [6.07, 6.45) is 0. The molecule has 0 saturated carbocycles. The average molecular weight is 265 g/mol. The highest BCUT2D eigenvalue weighted by Gasteiger charge is 2.12. The second-order valence-electron chi connectivity index (χ2n) is 3.74. The Labute approximate surface area is 111 Å². The molecule has 0 aliphatic heterocycles. The Morgan fingerprint density at radius 1 is 1.33 bits per heavy atom. The van der Waals surface area contributed by atoms with Crippen LogP contribution in [0.1, 0.15) is 13.8 Å². The smallest absolute Gasteiger partial charge is 0.211 e. The molecular formula is C11H15N5OS. The van der Waals surface area contributed by atoms with E-state index in [9.17, 15) is 5.11 Å². The molecule has 2 rings (SSSR count). The maximum Gasteiger partial charge on any atom is 0.211 e. The van der Waals surface area contributed by atoms with Gasteiger partial charge in [0.1, 0.15) is 11.4 Å². The summed E-state index contributed by atoms with van der Waals surface area (Å²) >= 11 is 4.14. The number of aromatic hydroxyl groups is 1. The van der Waals surface area contributed by atoms with Gasteiger partial charge in [0.15, 0.2) is 0 Å². The Bertz CT molecular complexity index is 538. The molecule has 2 aromatic rings. The Morgan fingerprint density at radius 3 is 2.61 bits per heavy atom. The van der Waals surface area contributed by atoms with E-state index >= 15 is 0 Å². The van der Waals surface area contributed by atoms with Gasteiger partial charge in [-0.05, 0) is 42.5 Å². The zero-order chi connectivity index (χ0) is 13.1. The van der Waals surface area contributed by atoms with E-state index in [1.54, 1.807) is 6.07 Å². The van der Waals surface area contributed by atoms with Crippen LogP contribution in [-0.2, 0) is 0 Å². The van der Waals surface area contributed by atoms with Crippen molar-refractivity contribution in [3.05, 3.63) is 18.2 Å². The lowest BCUT2D eigenvalue weighted by Crippen LogP contribution is -2.21. The molecule has 0 bridgehead atoms. The molecule has 6 nitrogen and oxygen atoms in total. The zero-order valence-electron chi connectivity index (χ0n) is 10.3. The van der Waals surface area contributed by atoms with Crippen molar-refractivity contribution in [2.75, 3.05) is 18.0 Å². The summed E-state index contributed by atoms with van der Waals surface area (Å²) in [6, 6.07) is 5.35. The number of hydrogen-bond donors (Lipinski definition) is 2. The van der Waals surface area contributed by atoms with Crippen molar-refractivity contribution >= 4 is 18.3 Å². The highest BCUT2D eigenvalue weighted by atomic mass is 32.1. The topological polar surface area (TPSA) is 67.1 Å². The minimum absolute atomic E-state index is 0.119. The minimum Gasteiger partial charge on any atom is -0.506 e. The number of aromatic nitrogens is 4. The van der Waals surface area contributed by atoms with Crippen LogP contribution < -0.4 is 4.90 Å². The van der Waals surface area contributed by atoms with Gasteiger partial charge in [-0.1, -0.05) is 0 Å². The summed E-state index contributed by atoms with van der Waals surface area (Å²) in [5.41, 5.74) is 1.53. The van der Waals surface area contributed by atoms with Crippen LogP contribution in [0, 0.1) is 0 Å². The summed E-state index contributed by atoms with van der Waals surface area (Å²) in [5, 5.41) is 21.2. The van der Waals surface area contributed by atoms with Crippen molar-refractivity contribution in [3.8, 4) is 11.4 Å². The van der Waals surface area contributed by atoms with E-state index in [1.165, 1.54) is 4.68 Å². The molecule has 1 aromatic heterocycles. The quantitative estimate of drug-likeness (QED) is 0.820. The molecule has 0 spiro atoms. The molecule has 18 heavy (non-hydrogen) atoms. The van der Waals surface area contributed by atoms with Gasteiger partial charge in [0.25, 0.3) is 0 Å². The third kappa shape index (κ3) is 2.26. The molecule has 0 unspecified atom stereocenters. The molecule has 1 aromatic carbocycles. The average Bonchev–Trinajstić information content (AvgIpc) is 2.79. The first kappa shape index (κ1) is 12.7. The second-order valence-corrected chi connectivity index (χ2v) is 4.14. The molecule has 0 fully saturated rings. The molecule has 0 aliphatic rings. The molecule has 1 heterocycles. The lowest BCUT2D eigenvalue weighted by Gasteiger charge is -2.21. The van der Waals surface area contributed by atoms with Crippen molar-refractivity contribution in [2.24, 2.45) is 0 Å². The molecule has 7 heteroatoms. The van der Waals surface area contributed by atoms with Crippen LogP contribution in [0.3, 0.4) is 0 Å². The third-order valence-electron chi connectivity index (χ3n) is 2.77. The lowest BCUT2D eigenvalue weighted by molar-refractivity contribution is 0.468. The van der Waals surface area contributed by atoms with Gasteiger partial charge in [-0.2, -0.15) is 4.68 Å². The van der Waals surface area contributed by atoms with E-state index in [2.05, 4.69) is 46.9 Å². The number of benzene rings is 1. The summed E-state index contributed by atoms with van der Waals surface area (Å²) in [4.78, 5) is 2.17. The fourth-order valence-electron chi connectivity index (χ4n) is 1.81. The molecule has 0 atom stereocenters. The van der Waals surface area contributed by atoms with Gasteiger partial charge in [0.2, 0.25) is 5.16 Å². The van der Waals surface area contributed by atoms with Gasteiger partial charge >= 0.3 is 0 Å². The van der Waals surface area contributed by atoms with Crippen LogP contribution in [0.5, 0.6) is 5.75 Å². The maximum absolute atomic E-state index is 9.89. The number of phenolic OH excluding ortho intramolecular Hbond substituents is 1. The van der Waals surface area contributed by atoms with Crippen molar-refractivity contribution in [3.63, 3.8) is 0 Å². The number of tetrazole rings is 1. The summed E-state index contributed by atoms with van der Waals surface area (Å²) in [5.74, 6) is 0.119. The number of nitrogens with zero attached hydrogens (tertiary/aromatic N) is 5.